The van der Waals surface area contributed by atoms with Gasteiger partial charge in [0.15, 0.2) is 0 Å². The van der Waals surface area contributed by atoms with E-state index in [-0.39, 0.29) is 25.1 Å². The molecule has 5 rings (SSSR count). The van der Waals surface area contributed by atoms with Crippen molar-refractivity contribution in [1.82, 2.24) is 0 Å². The minimum atomic E-state index is -0.907. The van der Waals surface area contributed by atoms with Gasteiger partial charge in [0.1, 0.15) is 30.8 Å². The predicted molar refractivity (Wildman–Crippen MR) is 164 cm³/mol. The van der Waals surface area contributed by atoms with Crippen LogP contribution in [0.25, 0.3) is 22.3 Å². The van der Waals surface area contributed by atoms with Crippen molar-refractivity contribution >= 4 is 5.97 Å². The molecule has 4 aromatic carbocycles. The molecule has 4 aromatic rings. The van der Waals surface area contributed by atoms with Crippen LogP contribution in [-0.2, 0) is 16.1 Å². The second-order valence-electron chi connectivity index (χ2n) is 10.9. The summed E-state index contributed by atoms with van der Waals surface area (Å²) >= 11 is 0. The number of esters is 1. The molecule has 0 saturated heterocycles. The second-order valence-corrected chi connectivity index (χ2v) is 10.9. The van der Waals surface area contributed by atoms with E-state index >= 15 is 0 Å². The Balaban J connectivity index is 1.36. The zero-order valence-electron chi connectivity index (χ0n) is 24.6. The van der Waals surface area contributed by atoms with E-state index in [2.05, 4.69) is 63.2 Å². The summed E-state index contributed by atoms with van der Waals surface area (Å²) in [6, 6.07) is 24.6. The summed E-state index contributed by atoms with van der Waals surface area (Å²) in [5.74, 6) is 1.24. The van der Waals surface area contributed by atoms with Gasteiger partial charge in [-0.25, -0.2) is 0 Å². The van der Waals surface area contributed by atoms with Crippen LogP contribution in [0.5, 0.6) is 11.5 Å². The Kier molecular flexibility index (Phi) is 8.95. The van der Waals surface area contributed by atoms with Crippen molar-refractivity contribution in [2.45, 2.75) is 52.7 Å². The molecule has 2 N–H and O–H groups in total. The molecular formula is C36H38O6. The van der Waals surface area contributed by atoms with Crippen LogP contribution in [0.15, 0.2) is 72.8 Å². The van der Waals surface area contributed by atoms with Gasteiger partial charge in [-0.3, -0.25) is 4.79 Å². The van der Waals surface area contributed by atoms with E-state index < -0.39 is 6.10 Å². The number of aryl methyl sites for hydroxylation is 2. The average Bonchev–Trinajstić information content (AvgIpc) is 3.28. The van der Waals surface area contributed by atoms with E-state index in [1.54, 1.807) is 0 Å². The smallest absolute Gasteiger partial charge is 0.306 e. The SMILES string of the molecule is CCOC(=O)CC1c2ccccc2-c2cc(OCc3cccc(-c4c(C)cc(OC[C@H](O)CO)cc4C)c3C)ccc21. The van der Waals surface area contributed by atoms with Crippen LogP contribution < -0.4 is 9.47 Å². The number of rotatable bonds is 11. The number of benzene rings is 4. The first-order chi connectivity index (χ1) is 20.3. The van der Waals surface area contributed by atoms with Crippen molar-refractivity contribution in [2.75, 3.05) is 19.8 Å². The van der Waals surface area contributed by atoms with Crippen LogP contribution in [0, 0.1) is 20.8 Å². The topological polar surface area (TPSA) is 85.2 Å². The molecule has 0 spiro atoms. The average molecular weight is 567 g/mol. The van der Waals surface area contributed by atoms with E-state index in [9.17, 15) is 9.90 Å². The van der Waals surface area contributed by atoms with Crippen molar-refractivity contribution in [3.05, 3.63) is 106 Å². The van der Waals surface area contributed by atoms with Crippen molar-refractivity contribution in [3.8, 4) is 33.8 Å². The number of hydrogen-bond donors (Lipinski definition) is 2. The Labute approximate surface area is 247 Å². The van der Waals surface area contributed by atoms with Crippen molar-refractivity contribution in [2.24, 2.45) is 0 Å². The van der Waals surface area contributed by atoms with Crippen LogP contribution in [-0.4, -0.2) is 42.1 Å². The van der Waals surface area contributed by atoms with Gasteiger partial charge in [-0.05, 0) is 108 Å². The maximum absolute atomic E-state index is 12.4. The normalized spacial score (nSPS) is 14.2. The maximum atomic E-state index is 12.4. The number of fused-ring (bicyclic) bond motifs is 3. The Hall–Kier alpha value is -4.13. The van der Waals surface area contributed by atoms with Crippen LogP contribution in [0.1, 0.15) is 52.6 Å². The molecular weight excluding hydrogens is 528 g/mol. The molecule has 0 saturated carbocycles. The van der Waals surface area contributed by atoms with Gasteiger partial charge >= 0.3 is 5.97 Å². The van der Waals surface area contributed by atoms with Gasteiger partial charge in [0.05, 0.1) is 19.6 Å². The summed E-state index contributed by atoms with van der Waals surface area (Å²) < 4.78 is 17.3. The third-order valence-corrected chi connectivity index (χ3v) is 7.97. The number of hydrogen-bond acceptors (Lipinski definition) is 6. The highest BCUT2D eigenvalue weighted by atomic mass is 16.5. The minimum Gasteiger partial charge on any atom is -0.491 e. The molecule has 2 atom stereocenters. The first-order valence-electron chi connectivity index (χ1n) is 14.4. The Morgan fingerprint density at radius 3 is 2.29 bits per heavy atom. The monoisotopic (exact) mass is 566 g/mol. The Morgan fingerprint density at radius 1 is 0.833 bits per heavy atom. The van der Waals surface area contributed by atoms with Gasteiger partial charge in [-0.15, -0.1) is 0 Å². The fourth-order valence-electron chi connectivity index (χ4n) is 5.93. The van der Waals surface area contributed by atoms with Crippen LogP contribution >= 0.6 is 0 Å². The van der Waals surface area contributed by atoms with Crippen LogP contribution in [0.3, 0.4) is 0 Å². The number of carbonyl (C=O) groups excluding carboxylic acids is 1. The van der Waals surface area contributed by atoms with E-state index in [1.165, 1.54) is 0 Å². The van der Waals surface area contributed by atoms with Gasteiger partial charge in [-0.1, -0.05) is 48.5 Å². The lowest BCUT2D eigenvalue weighted by Gasteiger charge is -2.18. The molecule has 1 unspecified atom stereocenters. The summed E-state index contributed by atoms with van der Waals surface area (Å²) in [6.07, 6.45) is -0.587. The quantitative estimate of drug-likeness (QED) is 0.198. The zero-order valence-corrected chi connectivity index (χ0v) is 24.6. The molecule has 6 heteroatoms. The number of aliphatic hydroxyl groups excluding tert-OH is 2. The second kappa shape index (κ2) is 12.8. The lowest BCUT2D eigenvalue weighted by molar-refractivity contribution is -0.143. The number of carbonyl (C=O) groups is 1. The summed E-state index contributed by atoms with van der Waals surface area (Å²) in [5, 5.41) is 18.7. The van der Waals surface area contributed by atoms with Gasteiger partial charge < -0.3 is 24.4 Å². The minimum absolute atomic E-state index is 0.0220. The van der Waals surface area contributed by atoms with Crippen molar-refractivity contribution in [1.29, 1.82) is 0 Å². The van der Waals surface area contributed by atoms with Gasteiger partial charge in [-0.2, -0.15) is 0 Å². The summed E-state index contributed by atoms with van der Waals surface area (Å²) in [7, 11) is 0. The molecule has 42 heavy (non-hydrogen) atoms. The molecule has 0 aliphatic heterocycles. The fourth-order valence-corrected chi connectivity index (χ4v) is 5.93. The molecule has 0 aromatic heterocycles. The first-order valence-corrected chi connectivity index (χ1v) is 14.4. The first kappa shape index (κ1) is 29.4. The lowest BCUT2D eigenvalue weighted by atomic mass is 9.90. The van der Waals surface area contributed by atoms with Gasteiger partial charge in [0.2, 0.25) is 0 Å². The lowest BCUT2D eigenvalue weighted by Crippen LogP contribution is -2.21. The van der Waals surface area contributed by atoms with Gasteiger partial charge in [0.25, 0.3) is 0 Å². The standard InChI is InChI=1S/C36H38O6/c1-5-40-35(39)18-34-31-11-7-6-10-30(31)33-17-27(13-14-32(33)34)41-20-25-9-8-12-29(24(25)4)36-22(2)15-28(16-23(36)3)42-21-26(38)19-37/h6-17,26,34,37-38H,5,18-21H2,1-4H3/t26-,34?/m1/s1. The van der Waals surface area contributed by atoms with E-state index in [4.69, 9.17) is 19.3 Å². The third kappa shape index (κ3) is 6.06. The van der Waals surface area contributed by atoms with Crippen molar-refractivity contribution in [3.63, 3.8) is 0 Å². The molecule has 0 amide bonds. The number of aliphatic hydroxyl groups is 2. The molecule has 218 valence electrons. The highest BCUT2D eigenvalue weighted by Crippen LogP contribution is 2.47. The van der Waals surface area contributed by atoms with E-state index in [0.717, 1.165) is 61.4 Å². The number of ether oxygens (including phenoxy) is 3. The third-order valence-electron chi connectivity index (χ3n) is 7.97. The van der Waals surface area contributed by atoms with Gasteiger partial charge in [0, 0.05) is 5.92 Å². The van der Waals surface area contributed by atoms with Crippen LogP contribution in [0.2, 0.25) is 0 Å². The van der Waals surface area contributed by atoms with Crippen LogP contribution in [0.4, 0.5) is 0 Å². The largest absolute Gasteiger partial charge is 0.491 e. The summed E-state index contributed by atoms with van der Waals surface area (Å²) in [5.41, 5.74) is 11.2. The summed E-state index contributed by atoms with van der Waals surface area (Å²) in [6.45, 7) is 8.56. The molecule has 0 fully saturated rings. The van der Waals surface area contributed by atoms with E-state index in [0.29, 0.717) is 25.4 Å². The Morgan fingerprint density at radius 2 is 1.55 bits per heavy atom. The fraction of sp³-hybridized carbons (Fsp3) is 0.306. The molecule has 0 radical (unpaired) electrons. The predicted octanol–water partition coefficient (Wildman–Crippen LogP) is 6.66. The van der Waals surface area contributed by atoms with Crippen molar-refractivity contribution < 1.29 is 29.2 Å². The molecule has 6 nitrogen and oxygen atoms in total. The molecule has 0 heterocycles. The molecule has 0 bridgehead atoms. The highest BCUT2D eigenvalue weighted by molar-refractivity contribution is 5.83. The maximum Gasteiger partial charge on any atom is 0.306 e. The zero-order chi connectivity index (χ0) is 29.8. The summed E-state index contributed by atoms with van der Waals surface area (Å²) in [4.78, 5) is 12.4. The molecule has 1 aliphatic rings. The Bertz CT molecular complexity index is 1570. The highest BCUT2D eigenvalue weighted by Gasteiger charge is 2.31. The van der Waals surface area contributed by atoms with E-state index in [1.807, 2.05) is 37.3 Å². The molecule has 1 aliphatic carbocycles.